The van der Waals surface area contributed by atoms with Crippen LogP contribution in [0.3, 0.4) is 0 Å². The van der Waals surface area contributed by atoms with Crippen molar-refractivity contribution >= 4 is 0 Å². The molecular formula is C16H28O3. The monoisotopic (exact) mass is 268 g/mol. The third-order valence-electron chi connectivity index (χ3n) is 3.22. The van der Waals surface area contributed by atoms with Gasteiger partial charge in [-0.05, 0) is 38.5 Å². The average Bonchev–Trinajstić information content (AvgIpc) is 2.46. The van der Waals surface area contributed by atoms with Crippen molar-refractivity contribution in [3.8, 4) is 11.8 Å². The average molecular weight is 268 g/mol. The predicted molar refractivity (Wildman–Crippen MR) is 76.7 cm³/mol. The van der Waals surface area contributed by atoms with Gasteiger partial charge in [-0.15, -0.1) is 11.8 Å². The summed E-state index contributed by atoms with van der Waals surface area (Å²) in [6.45, 7) is 1.94. The summed E-state index contributed by atoms with van der Waals surface area (Å²) in [6.07, 6.45) is 10.9. The first-order valence-electron chi connectivity index (χ1n) is 7.73. The molecule has 0 aliphatic carbocycles. The molecule has 0 aromatic carbocycles. The highest BCUT2D eigenvalue weighted by atomic mass is 16.7. The summed E-state index contributed by atoms with van der Waals surface area (Å²) in [5.74, 6) is 6.23. The van der Waals surface area contributed by atoms with E-state index < -0.39 is 0 Å². The first-order chi connectivity index (χ1) is 9.43. The zero-order valence-electron chi connectivity index (χ0n) is 12.0. The van der Waals surface area contributed by atoms with Gasteiger partial charge in [-0.1, -0.05) is 12.8 Å². The Balaban J connectivity index is 1.79. The third kappa shape index (κ3) is 9.95. The zero-order chi connectivity index (χ0) is 13.6. The Hall–Kier alpha value is -0.560. The lowest BCUT2D eigenvalue weighted by atomic mass is 10.1. The van der Waals surface area contributed by atoms with E-state index in [0.29, 0.717) is 0 Å². The highest BCUT2D eigenvalue weighted by Gasteiger charge is 2.12. The van der Waals surface area contributed by atoms with Crippen LogP contribution < -0.4 is 0 Å². The summed E-state index contributed by atoms with van der Waals surface area (Å²) in [6, 6.07) is 0. The van der Waals surface area contributed by atoms with E-state index in [4.69, 9.17) is 14.6 Å². The van der Waals surface area contributed by atoms with Crippen molar-refractivity contribution in [2.75, 3.05) is 19.8 Å². The van der Waals surface area contributed by atoms with E-state index >= 15 is 0 Å². The fraction of sp³-hybridized carbons (Fsp3) is 0.875. The molecule has 1 fully saturated rings. The van der Waals surface area contributed by atoms with Crippen LogP contribution in [0.5, 0.6) is 0 Å². The molecule has 1 unspecified atom stereocenters. The Bertz CT molecular complexity index is 248. The molecule has 1 aliphatic rings. The molecule has 1 atom stereocenters. The van der Waals surface area contributed by atoms with Crippen LogP contribution in [0.1, 0.15) is 64.2 Å². The van der Waals surface area contributed by atoms with Gasteiger partial charge in [0, 0.05) is 32.7 Å². The molecule has 3 nitrogen and oxygen atoms in total. The van der Waals surface area contributed by atoms with Gasteiger partial charge < -0.3 is 14.6 Å². The van der Waals surface area contributed by atoms with E-state index in [0.717, 1.165) is 45.3 Å². The lowest BCUT2D eigenvalue weighted by molar-refractivity contribution is -0.162. The quantitative estimate of drug-likeness (QED) is 0.515. The van der Waals surface area contributed by atoms with E-state index in [9.17, 15) is 0 Å². The van der Waals surface area contributed by atoms with Gasteiger partial charge in [-0.25, -0.2) is 0 Å². The molecule has 1 heterocycles. The minimum Gasteiger partial charge on any atom is -0.396 e. The second-order valence-electron chi connectivity index (χ2n) is 5.01. The maximum absolute atomic E-state index is 8.60. The standard InChI is InChI=1S/C16H28O3/c17-13-9-6-4-2-1-3-5-7-10-14-18-16-12-8-11-15-19-16/h16-17H,1,3,5-15H2. The predicted octanol–water partition coefficient (Wildman–Crippen LogP) is 3.26. The molecule has 0 radical (unpaired) electrons. The molecule has 0 aromatic heterocycles. The van der Waals surface area contributed by atoms with Crippen molar-refractivity contribution in [2.45, 2.75) is 70.5 Å². The molecule has 110 valence electrons. The van der Waals surface area contributed by atoms with Crippen molar-refractivity contribution in [3.63, 3.8) is 0 Å². The van der Waals surface area contributed by atoms with Gasteiger partial charge in [0.05, 0.1) is 0 Å². The van der Waals surface area contributed by atoms with E-state index in [-0.39, 0.29) is 12.9 Å². The topological polar surface area (TPSA) is 38.7 Å². The van der Waals surface area contributed by atoms with Gasteiger partial charge in [-0.2, -0.15) is 0 Å². The second kappa shape index (κ2) is 12.5. The van der Waals surface area contributed by atoms with Crippen LogP contribution >= 0.6 is 0 Å². The number of hydrogen-bond donors (Lipinski definition) is 1. The van der Waals surface area contributed by atoms with E-state index in [1.807, 2.05) is 0 Å². The van der Waals surface area contributed by atoms with Gasteiger partial charge >= 0.3 is 0 Å². The molecule has 1 rings (SSSR count). The summed E-state index contributed by atoms with van der Waals surface area (Å²) in [7, 11) is 0. The normalized spacial score (nSPS) is 18.9. The molecule has 0 aromatic rings. The summed E-state index contributed by atoms with van der Waals surface area (Å²) < 4.78 is 11.2. The molecule has 19 heavy (non-hydrogen) atoms. The Labute approximate surface area is 117 Å². The first kappa shape index (κ1) is 16.5. The molecule has 1 aliphatic heterocycles. The molecule has 1 N–H and O–H groups in total. The number of unbranched alkanes of at least 4 members (excludes halogenated alkanes) is 5. The fourth-order valence-corrected chi connectivity index (χ4v) is 2.07. The van der Waals surface area contributed by atoms with Crippen molar-refractivity contribution in [1.82, 2.24) is 0 Å². The summed E-state index contributed by atoms with van der Waals surface area (Å²) >= 11 is 0. The van der Waals surface area contributed by atoms with Crippen molar-refractivity contribution in [3.05, 3.63) is 0 Å². The third-order valence-corrected chi connectivity index (χ3v) is 3.22. The van der Waals surface area contributed by atoms with Gasteiger partial charge in [0.15, 0.2) is 6.29 Å². The Kier molecular flexibility index (Phi) is 10.8. The van der Waals surface area contributed by atoms with Crippen molar-refractivity contribution in [1.29, 1.82) is 0 Å². The van der Waals surface area contributed by atoms with Crippen molar-refractivity contribution in [2.24, 2.45) is 0 Å². The Morgan fingerprint density at radius 1 is 1.00 bits per heavy atom. The number of aliphatic hydroxyl groups excluding tert-OH is 1. The smallest absolute Gasteiger partial charge is 0.157 e. The minimum atomic E-state index is 0.0612. The molecule has 1 saturated heterocycles. The molecule has 0 amide bonds. The number of hydrogen-bond acceptors (Lipinski definition) is 3. The van der Waals surface area contributed by atoms with Crippen LogP contribution in [-0.2, 0) is 9.47 Å². The summed E-state index contributed by atoms with van der Waals surface area (Å²) in [5.41, 5.74) is 0. The Morgan fingerprint density at radius 2 is 1.79 bits per heavy atom. The molecule has 0 bridgehead atoms. The summed E-state index contributed by atoms with van der Waals surface area (Å²) in [4.78, 5) is 0. The van der Waals surface area contributed by atoms with Gasteiger partial charge in [0.25, 0.3) is 0 Å². The number of aliphatic hydroxyl groups is 1. The van der Waals surface area contributed by atoms with Crippen LogP contribution in [-0.4, -0.2) is 31.2 Å². The van der Waals surface area contributed by atoms with Gasteiger partial charge in [0.1, 0.15) is 0 Å². The van der Waals surface area contributed by atoms with Crippen molar-refractivity contribution < 1.29 is 14.6 Å². The lowest BCUT2D eigenvalue weighted by Crippen LogP contribution is -2.22. The molecular weight excluding hydrogens is 240 g/mol. The SMILES string of the molecule is OCCCC#CCCCCCCOC1CCCCO1. The summed E-state index contributed by atoms with van der Waals surface area (Å²) in [5, 5.41) is 8.60. The highest BCUT2D eigenvalue weighted by Crippen LogP contribution is 2.14. The zero-order valence-corrected chi connectivity index (χ0v) is 12.0. The fourth-order valence-electron chi connectivity index (χ4n) is 2.07. The largest absolute Gasteiger partial charge is 0.396 e. The number of ether oxygens (including phenoxy) is 2. The molecule has 0 spiro atoms. The van der Waals surface area contributed by atoms with Crippen LogP contribution in [0, 0.1) is 11.8 Å². The number of rotatable bonds is 9. The van der Waals surface area contributed by atoms with E-state index in [1.54, 1.807) is 0 Å². The van der Waals surface area contributed by atoms with Crippen LogP contribution in [0.4, 0.5) is 0 Å². The van der Waals surface area contributed by atoms with E-state index in [1.165, 1.54) is 32.1 Å². The Morgan fingerprint density at radius 3 is 2.53 bits per heavy atom. The minimum absolute atomic E-state index is 0.0612. The second-order valence-corrected chi connectivity index (χ2v) is 5.01. The molecule has 3 heteroatoms. The van der Waals surface area contributed by atoms with Gasteiger partial charge in [-0.3, -0.25) is 0 Å². The van der Waals surface area contributed by atoms with Crippen LogP contribution in [0.2, 0.25) is 0 Å². The first-order valence-corrected chi connectivity index (χ1v) is 7.73. The van der Waals surface area contributed by atoms with Crippen LogP contribution in [0.15, 0.2) is 0 Å². The lowest BCUT2D eigenvalue weighted by Gasteiger charge is -2.22. The maximum Gasteiger partial charge on any atom is 0.157 e. The highest BCUT2D eigenvalue weighted by molar-refractivity contribution is 4.98. The van der Waals surface area contributed by atoms with E-state index in [2.05, 4.69) is 11.8 Å². The maximum atomic E-state index is 8.60. The molecule has 0 saturated carbocycles. The van der Waals surface area contributed by atoms with Gasteiger partial charge in [0.2, 0.25) is 0 Å². The van der Waals surface area contributed by atoms with Crippen LogP contribution in [0.25, 0.3) is 0 Å².